The normalized spacial score (nSPS) is 49.3. The zero-order valence-corrected chi connectivity index (χ0v) is 17.9. The number of carbonyl (C=O) groups excluding carboxylic acids is 3. The maximum absolute atomic E-state index is 13.3. The lowest BCUT2D eigenvalue weighted by Gasteiger charge is -2.59. The molecule has 160 valence electrons. The molecule has 0 aromatic heterocycles. The van der Waals surface area contributed by atoms with Crippen LogP contribution >= 0.6 is 0 Å². The molecule has 1 aliphatic heterocycles. The summed E-state index contributed by atoms with van der Waals surface area (Å²) in [6.07, 6.45) is 7.64. The molecule has 4 aliphatic carbocycles. The molecule has 0 amide bonds. The quantitative estimate of drug-likeness (QED) is 0.719. The topological polar surface area (TPSA) is 72.5 Å². The van der Waals surface area contributed by atoms with Gasteiger partial charge in [0.15, 0.2) is 0 Å². The zero-order chi connectivity index (χ0) is 20.4. The van der Waals surface area contributed by atoms with Crippen LogP contribution in [-0.4, -0.2) is 36.7 Å². The number of carbonyl (C=O) groups is 3. The molecule has 0 unspecified atom stereocenters. The van der Waals surface area contributed by atoms with Crippen LogP contribution in [0.3, 0.4) is 0 Å². The van der Waals surface area contributed by atoms with E-state index < -0.39 is 0 Å². The van der Waals surface area contributed by atoms with Gasteiger partial charge in [-0.05, 0) is 74.7 Å². The van der Waals surface area contributed by atoms with E-state index in [1.165, 1.54) is 0 Å². The van der Waals surface area contributed by atoms with Gasteiger partial charge in [-0.15, -0.1) is 0 Å². The van der Waals surface area contributed by atoms with E-state index in [2.05, 4.69) is 19.2 Å². The molecule has 0 spiro atoms. The maximum atomic E-state index is 13.3. The highest BCUT2D eigenvalue weighted by molar-refractivity contribution is 5.88. The summed E-state index contributed by atoms with van der Waals surface area (Å²) in [7, 11) is 0. The van der Waals surface area contributed by atoms with Crippen molar-refractivity contribution in [2.24, 2.45) is 40.4 Å². The fourth-order valence-electron chi connectivity index (χ4n) is 8.00. The Kier molecular flexibility index (Phi) is 4.69. The molecule has 29 heavy (non-hydrogen) atoms. The van der Waals surface area contributed by atoms with Crippen LogP contribution in [0.2, 0.25) is 0 Å². The van der Waals surface area contributed by atoms with E-state index in [-0.39, 0.29) is 34.7 Å². The highest BCUT2D eigenvalue weighted by Crippen LogP contribution is 2.64. The number of esters is 1. The van der Waals surface area contributed by atoms with Crippen molar-refractivity contribution in [1.29, 1.82) is 0 Å². The van der Waals surface area contributed by atoms with Crippen LogP contribution in [-0.2, 0) is 19.1 Å². The number of nitrogens with one attached hydrogen (secondary N) is 1. The Balaban J connectivity index is 1.32. The standard InChI is InChI=1S/C24H35NO4/c1-23-8-5-15(29-22(28)14-7-10-25-13-14)11-19(23)20(26)12-16-17-3-4-21(27)24(17,2)9-6-18(16)23/h14-19,25H,3-13H2,1-2H3/t14-,15+,16+,17+,18+,19-,23-,24+/m1/s1. The van der Waals surface area contributed by atoms with E-state index in [4.69, 9.17) is 4.74 Å². The Labute approximate surface area is 173 Å². The van der Waals surface area contributed by atoms with Gasteiger partial charge >= 0.3 is 5.97 Å². The third-order valence-corrected chi connectivity index (χ3v) is 9.79. The molecule has 5 rings (SSSR count). The molecule has 4 saturated carbocycles. The molecule has 1 saturated heterocycles. The van der Waals surface area contributed by atoms with Crippen molar-refractivity contribution < 1.29 is 19.1 Å². The summed E-state index contributed by atoms with van der Waals surface area (Å²) in [5.41, 5.74) is -0.183. The van der Waals surface area contributed by atoms with Crippen LogP contribution in [0.25, 0.3) is 0 Å². The first kappa shape index (κ1) is 19.7. The average molecular weight is 402 g/mol. The Hall–Kier alpha value is -1.23. The molecule has 0 aromatic rings. The third kappa shape index (κ3) is 2.94. The van der Waals surface area contributed by atoms with E-state index in [1.807, 2.05) is 0 Å². The van der Waals surface area contributed by atoms with Gasteiger partial charge in [-0.3, -0.25) is 14.4 Å². The summed E-state index contributed by atoms with van der Waals surface area (Å²) < 4.78 is 5.88. The van der Waals surface area contributed by atoms with E-state index in [1.54, 1.807) is 0 Å². The van der Waals surface area contributed by atoms with Gasteiger partial charge in [0.1, 0.15) is 17.7 Å². The molecular weight excluding hydrogens is 366 g/mol. The third-order valence-electron chi connectivity index (χ3n) is 9.79. The maximum Gasteiger partial charge on any atom is 0.310 e. The van der Waals surface area contributed by atoms with E-state index in [0.29, 0.717) is 55.1 Å². The van der Waals surface area contributed by atoms with Crippen molar-refractivity contribution in [3.63, 3.8) is 0 Å². The van der Waals surface area contributed by atoms with Crippen molar-refractivity contribution >= 4 is 17.5 Å². The highest BCUT2D eigenvalue weighted by Gasteiger charge is 2.62. The molecule has 5 nitrogen and oxygen atoms in total. The lowest BCUT2D eigenvalue weighted by atomic mass is 9.45. The molecule has 5 heteroatoms. The molecular formula is C24H35NO4. The lowest BCUT2D eigenvalue weighted by molar-refractivity contribution is -0.171. The van der Waals surface area contributed by atoms with Crippen LogP contribution in [0.15, 0.2) is 0 Å². The van der Waals surface area contributed by atoms with Crippen molar-refractivity contribution in [3.05, 3.63) is 0 Å². The average Bonchev–Trinajstić information content (AvgIpc) is 3.32. The molecule has 0 bridgehead atoms. The van der Waals surface area contributed by atoms with E-state index in [0.717, 1.165) is 45.1 Å². The van der Waals surface area contributed by atoms with Crippen LogP contribution in [0.4, 0.5) is 0 Å². The second-order valence-corrected chi connectivity index (χ2v) is 11.0. The predicted octanol–water partition coefficient (Wildman–Crippen LogP) is 3.30. The summed E-state index contributed by atoms with van der Waals surface area (Å²) in [4.78, 5) is 38.4. The predicted molar refractivity (Wildman–Crippen MR) is 108 cm³/mol. The fourth-order valence-corrected chi connectivity index (χ4v) is 8.00. The van der Waals surface area contributed by atoms with Crippen LogP contribution in [0.1, 0.15) is 71.6 Å². The van der Waals surface area contributed by atoms with Crippen LogP contribution in [0, 0.1) is 40.4 Å². The Morgan fingerprint density at radius 2 is 1.90 bits per heavy atom. The van der Waals surface area contributed by atoms with Gasteiger partial charge < -0.3 is 10.1 Å². The van der Waals surface area contributed by atoms with Gasteiger partial charge in [-0.25, -0.2) is 0 Å². The number of hydrogen-bond donors (Lipinski definition) is 1. The summed E-state index contributed by atoms with van der Waals surface area (Å²) >= 11 is 0. The number of ether oxygens (including phenoxy) is 1. The minimum atomic E-state index is -0.188. The molecule has 0 aromatic carbocycles. The monoisotopic (exact) mass is 401 g/mol. The van der Waals surface area contributed by atoms with Crippen molar-refractivity contribution in [1.82, 2.24) is 5.32 Å². The van der Waals surface area contributed by atoms with Gasteiger partial charge in [0.2, 0.25) is 0 Å². The van der Waals surface area contributed by atoms with Crippen LogP contribution in [0.5, 0.6) is 0 Å². The number of Topliss-reactive ketones (excluding diaryl/α,β-unsaturated/α-hetero) is 2. The van der Waals surface area contributed by atoms with Crippen molar-refractivity contribution in [2.45, 2.75) is 77.7 Å². The zero-order valence-electron chi connectivity index (χ0n) is 17.9. The van der Waals surface area contributed by atoms with Crippen LogP contribution < -0.4 is 5.32 Å². The fraction of sp³-hybridized carbons (Fsp3) is 0.875. The number of hydrogen-bond acceptors (Lipinski definition) is 5. The smallest absolute Gasteiger partial charge is 0.310 e. The highest BCUT2D eigenvalue weighted by atomic mass is 16.5. The Morgan fingerprint density at radius 3 is 2.66 bits per heavy atom. The first-order valence-corrected chi connectivity index (χ1v) is 11.8. The minimum absolute atomic E-state index is 0.00475. The first-order chi connectivity index (χ1) is 13.8. The second-order valence-electron chi connectivity index (χ2n) is 11.0. The van der Waals surface area contributed by atoms with Gasteiger partial charge in [0, 0.05) is 30.7 Å². The summed E-state index contributed by atoms with van der Waals surface area (Å²) in [6, 6.07) is 0. The van der Waals surface area contributed by atoms with Crippen molar-refractivity contribution in [2.75, 3.05) is 13.1 Å². The first-order valence-electron chi connectivity index (χ1n) is 11.8. The number of fused-ring (bicyclic) bond motifs is 5. The number of ketones is 2. The summed E-state index contributed by atoms with van der Waals surface area (Å²) in [5, 5.41) is 3.23. The second kappa shape index (κ2) is 6.90. The minimum Gasteiger partial charge on any atom is -0.462 e. The molecule has 8 atom stereocenters. The van der Waals surface area contributed by atoms with Gasteiger partial charge in [-0.1, -0.05) is 13.8 Å². The lowest BCUT2D eigenvalue weighted by Crippen LogP contribution is -2.57. The molecule has 5 fully saturated rings. The molecule has 0 radical (unpaired) electrons. The summed E-state index contributed by atoms with van der Waals surface area (Å²) in [5.74, 6) is 1.99. The van der Waals surface area contributed by atoms with Gasteiger partial charge in [0.05, 0.1) is 5.92 Å². The Morgan fingerprint density at radius 1 is 1.07 bits per heavy atom. The van der Waals surface area contributed by atoms with E-state index in [9.17, 15) is 14.4 Å². The largest absolute Gasteiger partial charge is 0.462 e. The number of rotatable bonds is 2. The Bertz CT molecular complexity index is 728. The summed E-state index contributed by atoms with van der Waals surface area (Å²) in [6.45, 7) is 6.09. The van der Waals surface area contributed by atoms with E-state index >= 15 is 0 Å². The molecule has 1 N–H and O–H groups in total. The van der Waals surface area contributed by atoms with Gasteiger partial charge in [0.25, 0.3) is 0 Å². The SMILES string of the molecule is C[C@]12CC[C@H](OC(=O)[C@@H]3CCNC3)C[C@@H]1C(=O)C[C@@H]1[C@@H]2CC[C@]2(C)C(=O)CC[C@@H]12. The molecule has 5 aliphatic rings. The van der Waals surface area contributed by atoms with Gasteiger partial charge in [-0.2, -0.15) is 0 Å². The van der Waals surface area contributed by atoms with Crippen molar-refractivity contribution in [3.8, 4) is 0 Å². The molecule has 1 heterocycles.